The number of benzene rings is 1. The highest BCUT2D eigenvalue weighted by atomic mass is 19.4. The van der Waals surface area contributed by atoms with Crippen molar-refractivity contribution >= 4 is 6.29 Å². The Hall–Kier alpha value is -2.25. The van der Waals surface area contributed by atoms with Crippen LogP contribution in [0.1, 0.15) is 16.2 Å². The maximum Gasteiger partial charge on any atom is 0.453 e. The molecule has 0 aliphatic heterocycles. The van der Waals surface area contributed by atoms with E-state index in [1.807, 2.05) is 0 Å². The van der Waals surface area contributed by atoms with Gasteiger partial charge in [0, 0.05) is 5.56 Å². The third-order valence-electron chi connectivity index (χ3n) is 2.00. The number of hydrogen-bond acceptors (Lipinski definition) is 4. The van der Waals surface area contributed by atoms with Crippen molar-refractivity contribution in [1.29, 1.82) is 0 Å². The van der Waals surface area contributed by atoms with Crippen molar-refractivity contribution in [3.05, 3.63) is 35.7 Å². The number of carbonyl (C=O) groups excluding carboxylic acids is 1. The van der Waals surface area contributed by atoms with Crippen LogP contribution in [0.3, 0.4) is 0 Å². The molecule has 0 saturated heterocycles. The van der Waals surface area contributed by atoms with Gasteiger partial charge in [-0.05, 0) is 34.7 Å². The average Bonchev–Trinajstić information content (AvgIpc) is 2.78. The van der Waals surface area contributed by atoms with Crippen LogP contribution in [0.5, 0.6) is 0 Å². The fraction of sp³-hybridized carbons (Fsp3) is 0.111. The second-order valence-corrected chi connectivity index (χ2v) is 3.12. The maximum atomic E-state index is 12.5. The van der Waals surface area contributed by atoms with E-state index < -0.39 is 12.0 Å². The molecule has 0 spiro atoms. The standard InChI is InChI=1S/C9H5F3N4O/c10-9(11,12)8-13-14-15-16(8)7-3-1-6(5-17)2-4-7/h1-5H. The first-order chi connectivity index (χ1) is 8.02. The van der Waals surface area contributed by atoms with E-state index in [1.165, 1.54) is 24.3 Å². The van der Waals surface area contributed by atoms with Crippen LogP contribution in [0.4, 0.5) is 13.2 Å². The normalized spacial score (nSPS) is 11.5. The number of aldehydes is 1. The molecule has 0 radical (unpaired) electrons. The third kappa shape index (κ3) is 2.14. The molecule has 17 heavy (non-hydrogen) atoms. The molecule has 1 heterocycles. The summed E-state index contributed by atoms with van der Waals surface area (Å²) >= 11 is 0. The van der Waals surface area contributed by atoms with Gasteiger partial charge in [-0.3, -0.25) is 4.79 Å². The van der Waals surface area contributed by atoms with E-state index in [2.05, 4.69) is 15.5 Å². The van der Waals surface area contributed by atoms with Crippen LogP contribution in [0.15, 0.2) is 24.3 Å². The van der Waals surface area contributed by atoms with Crippen LogP contribution in [-0.4, -0.2) is 26.5 Å². The van der Waals surface area contributed by atoms with Crippen molar-refractivity contribution in [2.75, 3.05) is 0 Å². The molecular weight excluding hydrogens is 237 g/mol. The van der Waals surface area contributed by atoms with Gasteiger partial charge < -0.3 is 0 Å². The van der Waals surface area contributed by atoms with Crippen LogP contribution in [0.2, 0.25) is 0 Å². The second-order valence-electron chi connectivity index (χ2n) is 3.12. The lowest BCUT2D eigenvalue weighted by atomic mass is 10.2. The molecule has 0 amide bonds. The molecule has 8 heteroatoms. The molecule has 1 aromatic heterocycles. The molecule has 0 bridgehead atoms. The molecule has 2 aromatic rings. The van der Waals surface area contributed by atoms with Gasteiger partial charge in [-0.2, -0.15) is 17.9 Å². The van der Waals surface area contributed by atoms with E-state index in [0.29, 0.717) is 16.5 Å². The lowest BCUT2D eigenvalue weighted by molar-refractivity contribution is -0.146. The maximum absolute atomic E-state index is 12.5. The van der Waals surface area contributed by atoms with Gasteiger partial charge in [-0.25, -0.2) is 0 Å². The van der Waals surface area contributed by atoms with E-state index in [-0.39, 0.29) is 5.69 Å². The van der Waals surface area contributed by atoms with Crippen molar-refractivity contribution < 1.29 is 18.0 Å². The lowest BCUT2D eigenvalue weighted by Crippen LogP contribution is -2.14. The minimum atomic E-state index is -4.63. The quantitative estimate of drug-likeness (QED) is 0.748. The average molecular weight is 242 g/mol. The molecule has 0 atom stereocenters. The van der Waals surface area contributed by atoms with Crippen molar-refractivity contribution in [3.8, 4) is 5.69 Å². The minimum absolute atomic E-state index is 0.132. The van der Waals surface area contributed by atoms with Gasteiger partial charge in [0.1, 0.15) is 6.29 Å². The van der Waals surface area contributed by atoms with Crippen LogP contribution in [0, 0.1) is 0 Å². The highest BCUT2D eigenvalue weighted by Crippen LogP contribution is 2.28. The SMILES string of the molecule is O=Cc1ccc(-n2nnnc2C(F)(F)F)cc1. The number of carbonyl (C=O) groups is 1. The number of rotatable bonds is 2. The van der Waals surface area contributed by atoms with E-state index in [1.54, 1.807) is 0 Å². The highest BCUT2D eigenvalue weighted by Gasteiger charge is 2.38. The molecule has 2 rings (SSSR count). The largest absolute Gasteiger partial charge is 0.453 e. The van der Waals surface area contributed by atoms with Crippen LogP contribution in [-0.2, 0) is 6.18 Å². The Morgan fingerprint density at radius 2 is 1.82 bits per heavy atom. The zero-order valence-corrected chi connectivity index (χ0v) is 8.22. The Labute approximate surface area is 92.9 Å². The Bertz CT molecular complexity index is 532. The molecule has 0 N–H and O–H groups in total. The first-order valence-electron chi connectivity index (χ1n) is 4.43. The Balaban J connectivity index is 2.46. The van der Waals surface area contributed by atoms with E-state index >= 15 is 0 Å². The molecule has 0 fully saturated rings. The molecule has 0 aliphatic rings. The minimum Gasteiger partial charge on any atom is -0.298 e. The number of halogens is 3. The van der Waals surface area contributed by atoms with Gasteiger partial charge in [0.15, 0.2) is 0 Å². The molecule has 0 saturated carbocycles. The first-order valence-corrected chi connectivity index (χ1v) is 4.43. The second kappa shape index (κ2) is 3.96. The van der Waals surface area contributed by atoms with Crippen molar-refractivity contribution in [2.24, 2.45) is 0 Å². The smallest absolute Gasteiger partial charge is 0.298 e. The summed E-state index contributed by atoms with van der Waals surface area (Å²) in [5, 5.41) is 9.15. The molecule has 5 nitrogen and oxygen atoms in total. The van der Waals surface area contributed by atoms with Gasteiger partial charge >= 0.3 is 6.18 Å². The summed E-state index contributed by atoms with van der Waals surface area (Å²) in [6.07, 6.45) is -4.04. The summed E-state index contributed by atoms with van der Waals surface area (Å²) in [6.45, 7) is 0. The van der Waals surface area contributed by atoms with E-state index in [0.717, 1.165) is 0 Å². The molecular formula is C9H5F3N4O. The predicted molar refractivity (Wildman–Crippen MR) is 49.5 cm³/mol. The van der Waals surface area contributed by atoms with Gasteiger partial charge in [0.25, 0.3) is 5.82 Å². The summed E-state index contributed by atoms with van der Waals surface area (Å²) in [6, 6.07) is 5.42. The van der Waals surface area contributed by atoms with Crippen LogP contribution < -0.4 is 0 Å². The van der Waals surface area contributed by atoms with E-state index in [4.69, 9.17) is 0 Å². The fourth-order valence-corrected chi connectivity index (χ4v) is 1.23. The number of nitrogens with zero attached hydrogens (tertiary/aromatic N) is 4. The Kier molecular flexibility index (Phi) is 2.62. The highest BCUT2D eigenvalue weighted by molar-refractivity contribution is 5.75. The summed E-state index contributed by atoms with van der Waals surface area (Å²) < 4.78 is 38.0. The van der Waals surface area contributed by atoms with Gasteiger partial charge in [-0.1, -0.05) is 0 Å². The predicted octanol–water partition coefficient (Wildman–Crippen LogP) is 1.49. The number of aromatic nitrogens is 4. The fourth-order valence-electron chi connectivity index (χ4n) is 1.23. The van der Waals surface area contributed by atoms with Crippen molar-refractivity contribution in [1.82, 2.24) is 20.2 Å². The Morgan fingerprint density at radius 1 is 1.18 bits per heavy atom. The molecule has 0 unspecified atom stereocenters. The van der Waals surface area contributed by atoms with Crippen LogP contribution >= 0.6 is 0 Å². The van der Waals surface area contributed by atoms with Crippen molar-refractivity contribution in [3.63, 3.8) is 0 Å². The van der Waals surface area contributed by atoms with Gasteiger partial charge in [-0.15, -0.1) is 5.10 Å². The first kappa shape index (κ1) is 11.2. The van der Waals surface area contributed by atoms with E-state index in [9.17, 15) is 18.0 Å². The monoisotopic (exact) mass is 242 g/mol. The van der Waals surface area contributed by atoms with Gasteiger partial charge in [0.2, 0.25) is 0 Å². The lowest BCUT2D eigenvalue weighted by Gasteiger charge is -2.06. The molecule has 88 valence electrons. The summed E-state index contributed by atoms with van der Waals surface area (Å²) in [5.74, 6) is -1.21. The van der Waals surface area contributed by atoms with Crippen LogP contribution in [0.25, 0.3) is 5.69 Å². The van der Waals surface area contributed by atoms with Crippen molar-refractivity contribution in [2.45, 2.75) is 6.18 Å². The topological polar surface area (TPSA) is 60.7 Å². The third-order valence-corrected chi connectivity index (χ3v) is 2.00. The molecule has 1 aromatic carbocycles. The zero-order valence-electron chi connectivity index (χ0n) is 8.22. The summed E-state index contributed by atoms with van der Waals surface area (Å²) in [7, 11) is 0. The van der Waals surface area contributed by atoms with Gasteiger partial charge in [0.05, 0.1) is 5.69 Å². The molecule has 0 aliphatic carbocycles. The number of tetrazole rings is 1. The summed E-state index contributed by atoms with van der Waals surface area (Å²) in [5.41, 5.74) is 0.489. The Morgan fingerprint density at radius 3 is 2.35 bits per heavy atom. The number of hydrogen-bond donors (Lipinski definition) is 0. The summed E-state index contributed by atoms with van der Waals surface area (Å²) in [4.78, 5) is 10.4. The zero-order chi connectivity index (χ0) is 12.5. The number of alkyl halides is 3.